The Morgan fingerprint density at radius 3 is 2.73 bits per heavy atom. The number of ketones is 1. The normalized spacial score (nSPS) is 25.0. The van der Waals surface area contributed by atoms with Crippen LogP contribution in [0.15, 0.2) is 34.5 Å². The molecule has 0 spiro atoms. The van der Waals surface area contributed by atoms with Crippen molar-refractivity contribution in [2.75, 3.05) is 7.11 Å². The fraction of sp³-hybridized carbons (Fsp3) is 0.333. The van der Waals surface area contributed by atoms with E-state index in [4.69, 9.17) is 4.74 Å². The standard InChI is InChI=1S/C18H17N3O5/c1-26-12-7-8(5-6-10(12)22)13-14-9(3-2-4-11(14)23)19-16-15(13)17(24)21-18(25)20-16/h5-7,13,15,22H,2-4H2,1H3,(H2,19,20,21,24,25). The molecule has 3 aliphatic rings. The summed E-state index contributed by atoms with van der Waals surface area (Å²) >= 11 is 0. The highest BCUT2D eigenvalue weighted by Crippen LogP contribution is 2.44. The number of ether oxygens (including phenoxy) is 1. The first-order valence-corrected chi connectivity index (χ1v) is 8.33. The fourth-order valence-corrected chi connectivity index (χ4v) is 3.82. The van der Waals surface area contributed by atoms with E-state index in [1.807, 2.05) is 0 Å². The average molecular weight is 355 g/mol. The quantitative estimate of drug-likeness (QED) is 0.740. The van der Waals surface area contributed by atoms with Crippen molar-refractivity contribution in [1.29, 1.82) is 0 Å². The monoisotopic (exact) mass is 355 g/mol. The molecule has 2 atom stereocenters. The number of rotatable bonds is 2. The van der Waals surface area contributed by atoms with Crippen LogP contribution in [0.2, 0.25) is 0 Å². The first-order chi connectivity index (χ1) is 12.5. The zero-order valence-corrected chi connectivity index (χ0v) is 14.0. The number of imide groups is 1. The highest BCUT2D eigenvalue weighted by molar-refractivity contribution is 6.20. The number of nitrogens with one attached hydrogen (secondary N) is 2. The number of carbonyl (C=O) groups is 3. The molecule has 0 bridgehead atoms. The smallest absolute Gasteiger partial charge is 0.326 e. The van der Waals surface area contributed by atoms with Gasteiger partial charge in [-0.1, -0.05) is 6.07 Å². The van der Waals surface area contributed by atoms with E-state index < -0.39 is 23.8 Å². The highest BCUT2D eigenvalue weighted by Gasteiger charge is 2.46. The largest absolute Gasteiger partial charge is 0.504 e. The van der Waals surface area contributed by atoms with Crippen LogP contribution in [0.5, 0.6) is 11.5 Å². The summed E-state index contributed by atoms with van der Waals surface area (Å²) in [5.74, 6) is -1.50. The van der Waals surface area contributed by atoms with Crippen LogP contribution in [0.3, 0.4) is 0 Å². The number of allylic oxidation sites excluding steroid dienone is 2. The van der Waals surface area contributed by atoms with E-state index in [1.54, 1.807) is 12.1 Å². The molecule has 26 heavy (non-hydrogen) atoms. The molecule has 3 amide bonds. The lowest BCUT2D eigenvalue weighted by atomic mass is 9.72. The van der Waals surface area contributed by atoms with Crippen LogP contribution in [0, 0.1) is 5.92 Å². The van der Waals surface area contributed by atoms with Gasteiger partial charge in [-0.25, -0.2) is 9.79 Å². The van der Waals surface area contributed by atoms with Crippen molar-refractivity contribution >= 4 is 23.6 Å². The van der Waals surface area contributed by atoms with Gasteiger partial charge >= 0.3 is 6.03 Å². The zero-order valence-electron chi connectivity index (χ0n) is 14.0. The molecule has 1 aromatic rings. The van der Waals surface area contributed by atoms with Crippen LogP contribution in [0.4, 0.5) is 4.79 Å². The van der Waals surface area contributed by atoms with Crippen LogP contribution < -0.4 is 15.4 Å². The van der Waals surface area contributed by atoms with Crippen molar-refractivity contribution in [2.45, 2.75) is 25.2 Å². The summed E-state index contributed by atoms with van der Waals surface area (Å²) in [6.07, 6.45) is 1.70. The average Bonchev–Trinajstić information content (AvgIpc) is 2.60. The van der Waals surface area contributed by atoms with Gasteiger partial charge in [-0.15, -0.1) is 0 Å². The minimum absolute atomic E-state index is 0.0356. The van der Waals surface area contributed by atoms with Gasteiger partial charge in [-0.05, 0) is 30.5 Å². The molecule has 2 unspecified atom stereocenters. The topological polar surface area (TPSA) is 117 Å². The Labute approximate surface area is 148 Å². The number of aliphatic imine (C=N–C) groups is 1. The van der Waals surface area contributed by atoms with Gasteiger partial charge in [0.25, 0.3) is 0 Å². The zero-order chi connectivity index (χ0) is 18.4. The van der Waals surface area contributed by atoms with Gasteiger partial charge in [0.2, 0.25) is 5.91 Å². The number of aromatic hydroxyl groups is 1. The number of nitrogens with zero attached hydrogens (tertiary/aromatic N) is 1. The number of amides is 3. The maximum Gasteiger partial charge on any atom is 0.326 e. The summed E-state index contributed by atoms with van der Waals surface area (Å²) in [5, 5.41) is 14.7. The molecule has 4 rings (SSSR count). The SMILES string of the molecule is COc1cc(C2C3=C(CCCC3=O)N=C3NC(=O)NC(=O)C32)ccc1O. The van der Waals surface area contributed by atoms with Gasteiger partial charge in [0, 0.05) is 23.6 Å². The Morgan fingerprint density at radius 2 is 1.96 bits per heavy atom. The molecular formula is C18H17N3O5. The van der Waals surface area contributed by atoms with Gasteiger partial charge in [0.15, 0.2) is 17.3 Å². The maximum atomic E-state index is 12.7. The molecule has 0 saturated carbocycles. The number of phenols is 1. The number of Topliss-reactive ketones (excluding diaryl/α,β-unsaturated/α-hetero) is 1. The summed E-state index contributed by atoms with van der Waals surface area (Å²) in [7, 11) is 1.43. The van der Waals surface area contributed by atoms with E-state index in [2.05, 4.69) is 15.6 Å². The maximum absolute atomic E-state index is 12.7. The van der Waals surface area contributed by atoms with Crippen LogP contribution >= 0.6 is 0 Å². The second kappa shape index (κ2) is 5.98. The molecule has 134 valence electrons. The Morgan fingerprint density at radius 1 is 1.15 bits per heavy atom. The number of hydrogen-bond donors (Lipinski definition) is 3. The summed E-state index contributed by atoms with van der Waals surface area (Å²) in [6, 6.07) is 4.10. The van der Waals surface area contributed by atoms with Crippen LogP contribution in [-0.2, 0) is 9.59 Å². The molecule has 0 radical (unpaired) electrons. The van der Waals surface area contributed by atoms with Crippen molar-refractivity contribution in [1.82, 2.24) is 10.6 Å². The summed E-state index contributed by atoms with van der Waals surface area (Å²) in [4.78, 5) is 41.3. The number of urea groups is 1. The molecule has 1 fully saturated rings. The summed E-state index contributed by atoms with van der Waals surface area (Å²) in [5.41, 5.74) is 1.76. The lowest BCUT2D eigenvalue weighted by Gasteiger charge is -2.37. The number of methoxy groups -OCH3 is 1. The third-order valence-electron chi connectivity index (χ3n) is 4.95. The molecule has 3 N–H and O–H groups in total. The lowest BCUT2D eigenvalue weighted by Crippen LogP contribution is -2.58. The second-order valence-corrected chi connectivity index (χ2v) is 6.46. The molecule has 0 aromatic heterocycles. The first-order valence-electron chi connectivity index (χ1n) is 8.33. The predicted molar refractivity (Wildman–Crippen MR) is 90.9 cm³/mol. The molecule has 2 heterocycles. The van der Waals surface area contributed by atoms with Gasteiger partial charge < -0.3 is 9.84 Å². The third-order valence-corrected chi connectivity index (χ3v) is 4.95. The summed E-state index contributed by atoms with van der Waals surface area (Å²) < 4.78 is 5.17. The molecular weight excluding hydrogens is 338 g/mol. The number of fused-ring (bicyclic) bond motifs is 1. The van der Waals surface area contributed by atoms with Crippen LogP contribution in [0.1, 0.15) is 30.7 Å². The third kappa shape index (κ3) is 2.45. The van der Waals surface area contributed by atoms with Gasteiger partial charge in [0.1, 0.15) is 11.8 Å². The number of benzene rings is 1. The van der Waals surface area contributed by atoms with Crippen molar-refractivity contribution in [3.8, 4) is 11.5 Å². The van der Waals surface area contributed by atoms with Crippen molar-refractivity contribution in [3.05, 3.63) is 35.0 Å². The highest BCUT2D eigenvalue weighted by atomic mass is 16.5. The minimum Gasteiger partial charge on any atom is -0.504 e. The molecule has 2 aliphatic heterocycles. The fourth-order valence-electron chi connectivity index (χ4n) is 3.82. The van der Waals surface area contributed by atoms with Crippen molar-refractivity contribution in [3.63, 3.8) is 0 Å². The predicted octanol–water partition coefficient (Wildman–Crippen LogP) is 1.36. The lowest BCUT2D eigenvalue weighted by molar-refractivity contribution is -0.123. The minimum atomic E-state index is -0.817. The van der Waals surface area contributed by atoms with E-state index in [9.17, 15) is 19.5 Å². The Balaban J connectivity index is 1.90. The Bertz CT molecular complexity index is 902. The molecule has 1 aromatic carbocycles. The van der Waals surface area contributed by atoms with E-state index in [0.29, 0.717) is 36.1 Å². The van der Waals surface area contributed by atoms with Gasteiger partial charge in [-0.3, -0.25) is 20.2 Å². The Kier molecular flexibility index (Phi) is 3.75. The van der Waals surface area contributed by atoms with E-state index in [-0.39, 0.29) is 23.1 Å². The molecule has 8 nitrogen and oxygen atoms in total. The van der Waals surface area contributed by atoms with Crippen LogP contribution in [-0.4, -0.2) is 35.8 Å². The van der Waals surface area contributed by atoms with Gasteiger partial charge in [0.05, 0.1) is 7.11 Å². The van der Waals surface area contributed by atoms with E-state index >= 15 is 0 Å². The Hall–Kier alpha value is -3.16. The first kappa shape index (κ1) is 16.3. The van der Waals surface area contributed by atoms with Crippen molar-refractivity contribution in [2.24, 2.45) is 10.9 Å². The number of phenolic OH excluding ortho intramolecular Hbond substituents is 1. The van der Waals surface area contributed by atoms with Crippen molar-refractivity contribution < 1.29 is 24.2 Å². The molecule has 8 heteroatoms. The second-order valence-electron chi connectivity index (χ2n) is 6.46. The van der Waals surface area contributed by atoms with E-state index in [1.165, 1.54) is 13.2 Å². The summed E-state index contributed by atoms with van der Waals surface area (Å²) in [6.45, 7) is 0. The number of amidine groups is 1. The number of hydrogen-bond acceptors (Lipinski definition) is 6. The molecule has 1 aliphatic carbocycles. The van der Waals surface area contributed by atoms with Gasteiger partial charge in [-0.2, -0.15) is 0 Å². The number of carbonyl (C=O) groups excluding carboxylic acids is 3. The van der Waals surface area contributed by atoms with Crippen LogP contribution in [0.25, 0.3) is 0 Å². The molecule has 1 saturated heterocycles. The van der Waals surface area contributed by atoms with E-state index in [0.717, 1.165) is 0 Å².